The number of hydrogen-bond donors (Lipinski definition) is 1. The Kier molecular flexibility index (Phi) is 1.77. The number of ether oxygens (including phenoxy) is 2. The van der Waals surface area contributed by atoms with Gasteiger partial charge in [0.05, 0.1) is 6.21 Å². The van der Waals surface area contributed by atoms with Crippen LogP contribution in [0, 0.1) is 5.82 Å². The molecule has 0 aromatic heterocycles. The lowest BCUT2D eigenvalue weighted by Crippen LogP contribution is -1.93. The SMILES string of the molecule is NN=Cc1cc2c(cc1F)OCO2. The molecule has 0 saturated carbocycles. The molecule has 5 heteroatoms. The first-order valence-corrected chi connectivity index (χ1v) is 3.63. The van der Waals surface area contributed by atoms with Crippen LogP contribution in [0.4, 0.5) is 4.39 Å². The van der Waals surface area contributed by atoms with Crippen molar-refractivity contribution in [3.63, 3.8) is 0 Å². The van der Waals surface area contributed by atoms with Crippen LogP contribution in [0.15, 0.2) is 17.2 Å². The zero-order valence-electron chi connectivity index (χ0n) is 6.66. The van der Waals surface area contributed by atoms with E-state index in [-0.39, 0.29) is 12.4 Å². The quantitative estimate of drug-likeness (QED) is 0.398. The highest BCUT2D eigenvalue weighted by molar-refractivity contribution is 5.81. The third kappa shape index (κ3) is 1.28. The van der Waals surface area contributed by atoms with Gasteiger partial charge in [0.15, 0.2) is 11.5 Å². The van der Waals surface area contributed by atoms with Gasteiger partial charge in [-0.25, -0.2) is 4.39 Å². The van der Waals surface area contributed by atoms with E-state index in [4.69, 9.17) is 15.3 Å². The van der Waals surface area contributed by atoms with Gasteiger partial charge < -0.3 is 15.3 Å². The van der Waals surface area contributed by atoms with E-state index < -0.39 is 5.82 Å². The molecule has 0 fully saturated rings. The highest BCUT2D eigenvalue weighted by Crippen LogP contribution is 2.33. The zero-order valence-corrected chi connectivity index (χ0v) is 6.66. The van der Waals surface area contributed by atoms with Crippen molar-refractivity contribution in [2.24, 2.45) is 10.9 Å². The first-order chi connectivity index (χ1) is 6.31. The van der Waals surface area contributed by atoms with Crippen molar-refractivity contribution >= 4 is 6.21 Å². The molecule has 0 unspecified atom stereocenters. The predicted molar refractivity (Wildman–Crippen MR) is 44.3 cm³/mol. The summed E-state index contributed by atoms with van der Waals surface area (Å²) in [7, 11) is 0. The van der Waals surface area contributed by atoms with Gasteiger partial charge in [-0.05, 0) is 6.07 Å². The van der Waals surface area contributed by atoms with E-state index in [9.17, 15) is 4.39 Å². The van der Waals surface area contributed by atoms with Crippen molar-refractivity contribution in [1.29, 1.82) is 0 Å². The molecule has 0 atom stereocenters. The minimum Gasteiger partial charge on any atom is -0.454 e. The van der Waals surface area contributed by atoms with Crippen molar-refractivity contribution in [2.45, 2.75) is 0 Å². The summed E-state index contributed by atoms with van der Waals surface area (Å²) in [5.74, 6) is 5.39. The number of rotatable bonds is 1. The molecule has 1 aromatic carbocycles. The third-order valence-electron chi connectivity index (χ3n) is 1.71. The molecule has 1 aromatic rings. The van der Waals surface area contributed by atoms with Gasteiger partial charge in [0.25, 0.3) is 0 Å². The first-order valence-electron chi connectivity index (χ1n) is 3.63. The maximum absolute atomic E-state index is 13.1. The van der Waals surface area contributed by atoms with E-state index in [2.05, 4.69) is 5.10 Å². The van der Waals surface area contributed by atoms with Gasteiger partial charge in [-0.1, -0.05) is 0 Å². The molecule has 0 spiro atoms. The Labute approximate surface area is 73.8 Å². The second kappa shape index (κ2) is 2.93. The number of hydrogen-bond acceptors (Lipinski definition) is 4. The average molecular weight is 182 g/mol. The standard InChI is InChI=1S/C8H7FN2O2/c9-6-2-8-7(12-4-13-8)1-5(6)3-11-10/h1-3H,4,10H2. The second-order valence-corrected chi connectivity index (χ2v) is 2.51. The molecule has 0 aliphatic carbocycles. The smallest absolute Gasteiger partial charge is 0.231 e. The van der Waals surface area contributed by atoms with Crippen LogP contribution in [-0.2, 0) is 0 Å². The number of benzene rings is 1. The maximum atomic E-state index is 13.1. The molecule has 1 heterocycles. The number of nitrogens with two attached hydrogens (primary N) is 1. The Morgan fingerprint density at radius 1 is 1.38 bits per heavy atom. The lowest BCUT2D eigenvalue weighted by molar-refractivity contribution is 0.174. The Balaban J connectivity index is 2.49. The summed E-state index contributed by atoms with van der Waals surface area (Å²) in [6.45, 7) is 0.123. The van der Waals surface area contributed by atoms with E-state index in [1.54, 1.807) is 0 Å². The molecule has 13 heavy (non-hydrogen) atoms. The van der Waals surface area contributed by atoms with Crippen LogP contribution in [0.25, 0.3) is 0 Å². The molecule has 0 bridgehead atoms. The van der Waals surface area contributed by atoms with Gasteiger partial charge in [0.2, 0.25) is 6.79 Å². The van der Waals surface area contributed by atoms with Crippen LogP contribution in [0.5, 0.6) is 11.5 Å². The van der Waals surface area contributed by atoms with Crippen molar-refractivity contribution in [1.82, 2.24) is 0 Å². The molecular weight excluding hydrogens is 175 g/mol. The summed E-state index contributed by atoms with van der Waals surface area (Å²) in [4.78, 5) is 0. The fourth-order valence-corrected chi connectivity index (χ4v) is 1.11. The van der Waals surface area contributed by atoms with Gasteiger partial charge in [-0.3, -0.25) is 0 Å². The van der Waals surface area contributed by atoms with Crippen LogP contribution in [0.3, 0.4) is 0 Å². The lowest BCUT2D eigenvalue weighted by Gasteiger charge is -1.98. The van der Waals surface area contributed by atoms with Crippen LogP contribution in [0.2, 0.25) is 0 Å². The fourth-order valence-electron chi connectivity index (χ4n) is 1.11. The van der Waals surface area contributed by atoms with Crippen molar-refractivity contribution in [3.05, 3.63) is 23.5 Å². The average Bonchev–Trinajstić information content (AvgIpc) is 2.52. The summed E-state index contributed by atoms with van der Waals surface area (Å²) in [5, 5.41) is 3.23. The summed E-state index contributed by atoms with van der Waals surface area (Å²) in [5.41, 5.74) is 0.284. The fraction of sp³-hybridized carbons (Fsp3) is 0.125. The summed E-state index contributed by atoms with van der Waals surface area (Å²) in [6.07, 6.45) is 1.22. The van der Waals surface area contributed by atoms with E-state index in [1.807, 2.05) is 0 Å². The van der Waals surface area contributed by atoms with Gasteiger partial charge >= 0.3 is 0 Å². The molecule has 68 valence electrons. The summed E-state index contributed by atoms with van der Waals surface area (Å²) < 4.78 is 23.2. The lowest BCUT2D eigenvalue weighted by atomic mass is 10.2. The van der Waals surface area contributed by atoms with Crippen LogP contribution < -0.4 is 15.3 Å². The number of nitrogens with zero attached hydrogens (tertiary/aromatic N) is 1. The Bertz CT molecular complexity index is 365. The van der Waals surface area contributed by atoms with Crippen molar-refractivity contribution in [2.75, 3.05) is 6.79 Å². The van der Waals surface area contributed by atoms with Gasteiger partial charge in [0.1, 0.15) is 5.82 Å². The Hall–Kier alpha value is -1.78. The summed E-state index contributed by atoms with van der Waals surface area (Å²) in [6, 6.07) is 2.74. The minimum atomic E-state index is -0.432. The highest BCUT2D eigenvalue weighted by atomic mass is 19.1. The first kappa shape index (κ1) is 7.85. The predicted octanol–water partition coefficient (Wildman–Crippen LogP) is 0.847. The second-order valence-electron chi connectivity index (χ2n) is 2.51. The Morgan fingerprint density at radius 2 is 2.08 bits per heavy atom. The molecule has 1 aliphatic rings. The number of halogens is 1. The zero-order chi connectivity index (χ0) is 9.26. The molecule has 0 saturated heterocycles. The van der Waals surface area contributed by atoms with Gasteiger partial charge in [-0.2, -0.15) is 5.10 Å². The van der Waals surface area contributed by atoms with E-state index in [0.29, 0.717) is 11.5 Å². The summed E-state index contributed by atoms with van der Waals surface area (Å²) >= 11 is 0. The van der Waals surface area contributed by atoms with Crippen LogP contribution >= 0.6 is 0 Å². The van der Waals surface area contributed by atoms with E-state index in [0.717, 1.165) is 0 Å². The van der Waals surface area contributed by atoms with Crippen LogP contribution in [0.1, 0.15) is 5.56 Å². The molecule has 0 radical (unpaired) electrons. The topological polar surface area (TPSA) is 56.8 Å². The van der Waals surface area contributed by atoms with Crippen molar-refractivity contribution in [3.8, 4) is 11.5 Å². The highest BCUT2D eigenvalue weighted by Gasteiger charge is 2.16. The number of fused-ring (bicyclic) bond motifs is 1. The Morgan fingerprint density at radius 3 is 2.77 bits per heavy atom. The number of hydrazone groups is 1. The van der Waals surface area contributed by atoms with Crippen molar-refractivity contribution < 1.29 is 13.9 Å². The molecule has 2 N–H and O–H groups in total. The van der Waals surface area contributed by atoms with E-state index in [1.165, 1.54) is 18.3 Å². The largest absolute Gasteiger partial charge is 0.454 e. The monoisotopic (exact) mass is 182 g/mol. The van der Waals surface area contributed by atoms with Gasteiger partial charge in [-0.15, -0.1) is 0 Å². The minimum absolute atomic E-state index is 0.123. The molecule has 1 aliphatic heterocycles. The molecule has 4 nitrogen and oxygen atoms in total. The van der Waals surface area contributed by atoms with Crippen LogP contribution in [-0.4, -0.2) is 13.0 Å². The molecular formula is C8H7FN2O2. The molecule has 2 rings (SSSR count). The maximum Gasteiger partial charge on any atom is 0.231 e. The third-order valence-corrected chi connectivity index (χ3v) is 1.71. The van der Waals surface area contributed by atoms with Gasteiger partial charge in [0, 0.05) is 11.6 Å². The molecule has 0 amide bonds. The normalized spacial score (nSPS) is 13.9. The van der Waals surface area contributed by atoms with E-state index >= 15 is 0 Å².